The number of thioether (sulfide) groups is 1. The van der Waals surface area contributed by atoms with Crippen molar-refractivity contribution < 1.29 is 22.7 Å². The Morgan fingerprint density at radius 2 is 1.86 bits per heavy atom. The zero-order chi connectivity index (χ0) is 32.9. The summed E-state index contributed by atoms with van der Waals surface area (Å²) >= 11 is 1.70. The number of halogens is 3. The Kier molecular flexibility index (Phi) is 14.2. The van der Waals surface area contributed by atoms with Crippen LogP contribution in [-0.4, -0.2) is 43.0 Å². The van der Waals surface area contributed by atoms with Gasteiger partial charge in [-0.3, -0.25) is 15.1 Å². The van der Waals surface area contributed by atoms with Crippen LogP contribution in [0, 0.1) is 5.41 Å². The van der Waals surface area contributed by atoms with Gasteiger partial charge in [0.1, 0.15) is 5.75 Å². The third-order valence-corrected chi connectivity index (χ3v) is 8.13. The number of hydrazone groups is 1. The van der Waals surface area contributed by atoms with E-state index in [2.05, 4.69) is 85.2 Å². The molecule has 3 N–H and O–H groups in total. The lowest BCUT2D eigenvalue weighted by molar-refractivity contribution is -0.274. The van der Waals surface area contributed by atoms with Gasteiger partial charge in [0.2, 0.25) is 5.91 Å². The lowest BCUT2D eigenvalue weighted by atomic mass is 9.78. The van der Waals surface area contributed by atoms with Gasteiger partial charge in [0.05, 0.1) is 16.8 Å². The monoisotopic (exact) mass is 631 g/mol. The molecule has 0 radical (unpaired) electrons. The minimum Gasteiger partial charge on any atom is -0.406 e. The number of amidine groups is 1. The van der Waals surface area contributed by atoms with E-state index in [0.717, 1.165) is 36.9 Å². The van der Waals surface area contributed by atoms with Crippen molar-refractivity contribution in [3.05, 3.63) is 78.4 Å². The molecule has 1 saturated heterocycles. The first-order valence-corrected chi connectivity index (χ1v) is 15.5. The predicted octanol–water partition coefficient (Wildman–Crippen LogP) is 8.51. The molecular weight excluding hydrogens is 587 g/mol. The van der Waals surface area contributed by atoms with E-state index in [1.54, 1.807) is 11.8 Å². The maximum atomic E-state index is 12.1. The molecule has 1 fully saturated rings. The molecule has 2 aromatic carbocycles. The Labute approximate surface area is 263 Å². The molecule has 1 amide bonds. The van der Waals surface area contributed by atoms with Crippen molar-refractivity contribution in [3.63, 3.8) is 0 Å². The minimum absolute atomic E-state index is 0.204. The van der Waals surface area contributed by atoms with Crippen LogP contribution in [-0.2, 0) is 4.79 Å². The number of nitrogens with one attached hydrogen (secondary N) is 1. The molecule has 44 heavy (non-hydrogen) atoms. The Balaban J connectivity index is 0.000000301. The number of rotatable bonds is 8. The van der Waals surface area contributed by atoms with Crippen LogP contribution in [0.3, 0.4) is 0 Å². The van der Waals surface area contributed by atoms with Crippen molar-refractivity contribution >= 4 is 41.6 Å². The molecule has 0 spiro atoms. The molecule has 1 aliphatic heterocycles. The summed E-state index contributed by atoms with van der Waals surface area (Å²) in [5, 5.41) is 4.40. The van der Waals surface area contributed by atoms with Gasteiger partial charge in [0.15, 0.2) is 5.84 Å². The number of aliphatic imine (C=N–C) groups is 1. The smallest absolute Gasteiger partial charge is 0.406 e. The van der Waals surface area contributed by atoms with Crippen molar-refractivity contribution in [1.29, 1.82) is 0 Å². The Hall–Kier alpha value is -3.57. The highest BCUT2D eigenvalue weighted by Crippen LogP contribution is 2.37. The lowest BCUT2D eigenvalue weighted by Gasteiger charge is -2.28. The van der Waals surface area contributed by atoms with E-state index in [1.807, 2.05) is 23.1 Å². The van der Waals surface area contributed by atoms with Crippen molar-refractivity contribution in [2.24, 2.45) is 21.2 Å². The van der Waals surface area contributed by atoms with Gasteiger partial charge in [-0.15, -0.1) is 31.5 Å². The summed E-state index contributed by atoms with van der Waals surface area (Å²) in [6, 6.07) is 13.5. The van der Waals surface area contributed by atoms with Crippen LogP contribution in [0.2, 0.25) is 0 Å². The third-order valence-electron chi connectivity index (χ3n) is 6.93. The highest BCUT2D eigenvalue weighted by Gasteiger charge is 2.33. The fourth-order valence-electron chi connectivity index (χ4n) is 4.61. The van der Waals surface area contributed by atoms with Crippen LogP contribution in [0.5, 0.6) is 5.75 Å². The summed E-state index contributed by atoms with van der Waals surface area (Å²) in [5.41, 5.74) is 11.4. The molecular formula is C33H44F3N5O2S. The van der Waals surface area contributed by atoms with Crippen LogP contribution >= 0.6 is 11.8 Å². The molecule has 1 heterocycles. The Morgan fingerprint density at radius 1 is 1.20 bits per heavy atom. The van der Waals surface area contributed by atoms with Gasteiger partial charge in [0.25, 0.3) is 0 Å². The van der Waals surface area contributed by atoms with E-state index in [0.29, 0.717) is 23.2 Å². The molecule has 4 rings (SSSR count). The SMILES string of the molecule is C=CC[C@H]1SCC(=O)N1c1ccccc1C(C)C.C=N/C(=N\Nc1ccc(OC(F)(F)F)cc1)C1=CCC(C)(C)CC1.CN. The van der Waals surface area contributed by atoms with E-state index in [1.165, 1.54) is 36.9 Å². The fraction of sp³-hybridized carbons (Fsp3) is 0.424. The summed E-state index contributed by atoms with van der Waals surface area (Å²) in [4.78, 5) is 18.0. The summed E-state index contributed by atoms with van der Waals surface area (Å²) in [5.74, 6) is 1.42. The lowest BCUT2D eigenvalue weighted by Crippen LogP contribution is -2.33. The van der Waals surface area contributed by atoms with Gasteiger partial charge < -0.3 is 10.5 Å². The number of allylic oxidation sites excluding steroid dienone is 1. The minimum atomic E-state index is -4.70. The number of nitrogens with two attached hydrogens (primary N) is 1. The quantitative estimate of drug-likeness (QED) is 0.132. The van der Waals surface area contributed by atoms with Crippen LogP contribution in [0.25, 0.3) is 0 Å². The van der Waals surface area contributed by atoms with Gasteiger partial charge in [-0.25, -0.2) is 4.99 Å². The number of ether oxygens (including phenoxy) is 1. The number of hydrogen-bond acceptors (Lipinski definition) is 6. The molecule has 2 aliphatic rings. The molecule has 11 heteroatoms. The maximum absolute atomic E-state index is 12.1. The van der Waals surface area contributed by atoms with E-state index < -0.39 is 6.36 Å². The number of carbonyl (C=O) groups is 1. The number of nitrogens with zero attached hydrogens (tertiary/aromatic N) is 3. The molecule has 1 aliphatic carbocycles. The first-order chi connectivity index (χ1) is 20.8. The Morgan fingerprint density at radius 3 is 2.41 bits per heavy atom. The van der Waals surface area contributed by atoms with Crippen molar-refractivity contribution in [2.75, 3.05) is 23.1 Å². The third kappa shape index (κ3) is 11.2. The zero-order valence-corrected chi connectivity index (χ0v) is 27.0. The molecule has 2 aromatic rings. The first-order valence-electron chi connectivity index (χ1n) is 14.4. The van der Waals surface area contributed by atoms with Crippen molar-refractivity contribution in [1.82, 2.24) is 0 Å². The number of alkyl halides is 3. The summed E-state index contributed by atoms with van der Waals surface area (Å²) in [7, 11) is 1.50. The predicted molar refractivity (Wildman–Crippen MR) is 179 cm³/mol. The summed E-state index contributed by atoms with van der Waals surface area (Å²) in [6.45, 7) is 16.1. The van der Waals surface area contributed by atoms with Gasteiger partial charge in [-0.1, -0.05) is 58.0 Å². The summed E-state index contributed by atoms with van der Waals surface area (Å²) < 4.78 is 40.2. The van der Waals surface area contributed by atoms with E-state index >= 15 is 0 Å². The van der Waals surface area contributed by atoms with Gasteiger partial charge in [-0.05, 0) is 92.2 Å². The van der Waals surface area contributed by atoms with Gasteiger partial charge >= 0.3 is 6.36 Å². The first kappa shape index (κ1) is 36.6. The second-order valence-corrected chi connectivity index (χ2v) is 12.3. The van der Waals surface area contributed by atoms with Crippen molar-refractivity contribution in [2.45, 2.75) is 71.0 Å². The van der Waals surface area contributed by atoms with Gasteiger partial charge in [-0.2, -0.15) is 5.10 Å². The normalized spacial score (nSPS) is 17.9. The highest BCUT2D eigenvalue weighted by molar-refractivity contribution is 8.01. The number of carbonyl (C=O) groups excluding carboxylic acids is 1. The van der Waals surface area contributed by atoms with Gasteiger partial charge in [0, 0.05) is 5.69 Å². The van der Waals surface area contributed by atoms with Crippen molar-refractivity contribution in [3.8, 4) is 5.75 Å². The molecule has 0 unspecified atom stereocenters. The standard InChI is InChI=1S/C17H20F3N3O.C15H19NOS.CH5N/c1-16(2)10-8-12(9-11-16)15(21-3)23-22-13-4-6-14(7-5-13)24-17(18,19)20;1-4-7-15-16(14(17)10-18-15)13-9-6-5-8-12(13)11(2)3;1-2/h4-8,22H,3,9-11H2,1-2H3;4-6,8-9,11,15H,1,7,10H2,2-3H3;2H2,1H3/b23-15-;;/t;15-;/m.1./s1. The molecule has 0 aromatic heterocycles. The molecule has 1 atom stereocenters. The average molecular weight is 632 g/mol. The number of hydrogen-bond donors (Lipinski definition) is 2. The summed E-state index contributed by atoms with van der Waals surface area (Å²) in [6.07, 6.45) is 2.99. The van der Waals surface area contributed by atoms with E-state index in [-0.39, 0.29) is 22.4 Å². The Bertz CT molecular complexity index is 1310. The molecule has 0 bridgehead atoms. The fourth-order valence-corrected chi connectivity index (χ4v) is 5.74. The largest absolute Gasteiger partial charge is 0.573 e. The van der Waals surface area contributed by atoms with Crippen LogP contribution in [0.15, 0.2) is 82.9 Å². The molecule has 240 valence electrons. The number of para-hydroxylation sites is 1. The topological polar surface area (TPSA) is 92.3 Å². The second-order valence-electron chi connectivity index (χ2n) is 11.1. The number of benzene rings is 2. The van der Waals surface area contributed by atoms with Crippen LogP contribution in [0.1, 0.15) is 64.9 Å². The van der Waals surface area contributed by atoms with E-state index in [4.69, 9.17) is 0 Å². The highest BCUT2D eigenvalue weighted by atomic mass is 32.2. The van der Waals surface area contributed by atoms with E-state index in [9.17, 15) is 18.0 Å². The van der Waals surface area contributed by atoms with Crippen LogP contribution < -0.4 is 20.8 Å². The number of anilines is 2. The zero-order valence-electron chi connectivity index (χ0n) is 26.2. The second kappa shape index (κ2) is 17.1. The maximum Gasteiger partial charge on any atom is 0.573 e. The number of amides is 1. The average Bonchev–Trinajstić information content (AvgIpc) is 3.35. The van der Waals surface area contributed by atoms with Crippen LogP contribution in [0.4, 0.5) is 24.5 Å². The molecule has 0 saturated carbocycles. The molecule has 7 nitrogen and oxygen atoms in total.